The van der Waals surface area contributed by atoms with Gasteiger partial charge in [0.05, 0.1) is 5.52 Å². The first-order valence-corrected chi connectivity index (χ1v) is 7.64. The smallest absolute Gasteiger partial charge is 0.0705 e. The highest BCUT2D eigenvalue weighted by Crippen LogP contribution is 2.29. The van der Waals surface area contributed by atoms with Crippen molar-refractivity contribution in [2.24, 2.45) is 0 Å². The lowest BCUT2D eigenvalue weighted by Gasteiger charge is -2.23. The molecular formula is C16H22N2S. The molecule has 1 aromatic heterocycles. The van der Waals surface area contributed by atoms with Crippen molar-refractivity contribution in [1.82, 2.24) is 10.3 Å². The van der Waals surface area contributed by atoms with Gasteiger partial charge in [-0.25, -0.2) is 0 Å². The average molecular weight is 274 g/mol. The number of nitrogens with one attached hydrogen (secondary N) is 1. The molecule has 2 nitrogen and oxygen atoms in total. The summed E-state index contributed by atoms with van der Waals surface area (Å²) < 4.78 is 0.296. The van der Waals surface area contributed by atoms with E-state index in [1.165, 1.54) is 10.9 Å². The third-order valence-corrected chi connectivity index (χ3v) is 4.43. The quantitative estimate of drug-likeness (QED) is 0.911. The first-order chi connectivity index (χ1) is 8.99. The van der Waals surface area contributed by atoms with Crippen LogP contribution in [0.15, 0.2) is 36.5 Å². The van der Waals surface area contributed by atoms with Crippen molar-refractivity contribution in [3.63, 3.8) is 0 Å². The Morgan fingerprint density at radius 3 is 2.74 bits per heavy atom. The van der Waals surface area contributed by atoms with Crippen LogP contribution in [0.2, 0.25) is 0 Å². The molecule has 1 unspecified atom stereocenters. The molecule has 1 heterocycles. The van der Waals surface area contributed by atoms with Gasteiger partial charge in [-0.3, -0.25) is 4.98 Å². The fraction of sp³-hybridized carbons (Fsp3) is 0.438. The molecule has 0 aliphatic rings. The number of aromatic nitrogens is 1. The minimum absolute atomic E-state index is 0.296. The van der Waals surface area contributed by atoms with E-state index in [0.29, 0.717) is 10.8 Å². The van der Waals surface area contributed by atoms with Crippen LogP contribution in [-0.4, -0.2) is 22.5 Å². The van der Waals surface area contributed by atoms with Crippen molar-refractivity contribution < 1.29 is 0 Å². The molecule has 0 radical (unpaired) electrons. The lowest BCUT2D eigenvalue weighted by molar-refractivity contribution is 0.657. The fourth-order valence-electron chi connectivity index (χ4n) is 1.98. The minimum Gasteiger partial charge on any atom is -0.312 e. The maximum atomic E-state index is 4.43. The number of hydrogen-bond acceptors (Lipinski definition) is 3. The van der Waals surface area contributed by atoms with E-state index in [-0.39, 0.29) is 0 Å². The number of pyridine rings is 1. The van der Waals surface area contributed by atoms with Gasteiger partial charge >= 0.3 is 0 Å². The summed E-state index contributed by atoms with van der Waals surface area (Å²) in [5.41, 5.74) is 2.38. The number of rotatable bonds is 4. The molecule has 1 atom stereocenters. The molecule has 0 fully saturated rings. The molecule has 3 heteroatoms. The number of nitrogens with zero attached hydrogens (tertiary/aromatic N) is 1. The number of fused-ring (bicyclic) bond motifs is 1. The SMILES string of the molecule is CNC(CSC(C)(C)C)c1ccc2cccnc2c1. The van der Waals surface area contributed by atoms with Gasteiger partial charge < -0.3 is 5.32 Å². The second kappa shape index (κ2) is 5.93. The van der Waals surface area contributed by atoms with Crippen molar-refractivity contribution in [3.05, 3.63) is 42.1 Å². The second-order valence-electron chi connectivity index (χ2n) is 5.72. The predicted octanol–water partition coefficient (Wildman–Crippen LogP) is 4.03. The van der Waals surface area contributed by atoms with E-state index < -0.39 is 0 Å². The van der Waals surface area contributed by atoms with Gasteiger partial charge in [0, 0.05) is 28.1 Å². The molecule has 1 N–H and O–H groups in total. The lowest BCUT2D eigenvalue weighted by Crippen LogP contribution is -2.21. The molecule has 2 aromatic rings. The zero-order valence-electron chi connectivity index (χ0n) is 12.1. The molecule has 102 valence electrons. The van der Waals surface area contributed by atoms with Gasteiger partial charge in [-0.05, 0) is 24.7 Å². The Balaban J connectivity index is 2.20. The summed E-state index contributed by atoms with van der Waals surface area (Å²) in [6.45, 7) is 6.77. The summed E-state index contributed by atoms with van der Waals surface area (Å²) >= 11 is 1.98. The molecule has 19 heavy (non-hydrogen) atoms. The van der Waals surface area contributed by atoms with Gasteiger partial charge in [0.15, 0.2) is 0 Å². The molecule has 0 amide bonds. The van der Waals surface area contributed by atoms with E-state index in [0.717, 1.165) is 11.3 Å². The van der Waals surface area contributed by atoms with Crippen LogP contribution in [0.4, 0.5) is 0 Å². The Kier molecular flexibility index (Phi) is 4.48. The molecule has 0 aliphatic heterocycles. The largest absolute Gasteiger partial charge is 0.312 e. The minimum atomic E-state index is 0.296. The first kappa shape index (κ1) is 14.4. The molecule has 0 saturated carbocycles. The van der Waals surface area contributed by atoms with Crippen molar-refractivity contribution in [1.29, 1.82) is 0 Å². The monoisotopic (exact) mass is 274 g/mol. The number of thioether (sulfide) groups is 1. The molecule has 0 saturated heterocycles. The van der Waals surface area contributed by atoms with Crippen LogP contribution < -0.4 is 5.32 Å². The zero-order valence-corrected chi connectivity index (χ0v) is 12.9. The topological polar surface area (TPSA) is 24.9 Å². The predicted molar refractivity (Wildman–Crippen MR) is 85.8 cm³/mol. The normalized spacial score (nSPS) is 13.7. The average Bonchev–Trinajstić information content (AvgIpc) is 2.38. The molecule has 2 rings (SSSR count). The van der Waals surface area contributed by atoms with Gasteiger partial charge in [0.25, 0.3) is 0 Å². The standard InChI is InChI=1S/C16H22N2S/c1-16(2,3)19-11-15(17-4)13-8-7-12-6-5-9-18-14(12)10-13/h5-10,15,17H,11H2,1-4H3. The van der Waals surface area contributed by atoms with Crippen LogP contribution in [-0.2, 0) is 0 Å². The highest BCUT2D eigenvalue weighted by molar-refractivity contribution is 8.00. The summed E-state index contributed by atoms with van der Waals surface area (Å²) in [5, 5.41) is 4.61. The summed E-state index contributed by atoms with van der Waals surface area (Å²) in [7, 11) is 2.02. The van der Waals surface area contributed by atoms with Crippen LogP contribution >= 0.6 is 11.8 Å². The molecule has 0 spiro atoms. The zero-order chi connectivity index (χ0) is 13.9. The van der Waals surface area contributed by atoms with Crippen LogP contribution in [0.3, 0.4) is 0 Å². The van der Waals surface area contributed by atoms with Crippen molar-refractivity contribution in [2.45, 2.75) is 31.6 Å². The fourth-order valence-corrected chi connectivity index (χ4v) is 3.01. The van der Waals surface area contributed by atoms with Crippen LogP contribution in [0, 0.1) is 0 Å². The Morgan fingerprint density at radius 2 is 2.05 bits per heavy atom. The van der Waals surface area contributed by atoms with E-state index in [1.54, 1.807) is 0 Å². The third kappa shape index (κ3) is 3.95. The molecule has 0 bridgehead atoms. The van der Waals surface area contributed by atoms with E-state index in [4.69, 9.17) is 0 Å². The van der Waals surface area contributed by atoms with Crippen molar-refractivity contribution in [3.8, 4) is 0 Å². The molecule has 0 aliphatic carbocycles. The van der Waals surface area contributed by atoms with E-state index in [1.807, 2.05) is 31.1 Å². The highest BCUT2D eigenvalue weighted by atomic mass is 32.2. The Hall–Kier alpha value is -1.06. The first-order valence-electron chi connectivity index (χ1n) is 6.65. The van der Waals surface area contributed by atoms with Crippen molar-refractivity contribution >= 4 is 22.7 Å². The Bertz CT molecular complexity index is 546. The molecule has 1 aromatic carbocycles. The number of hydrogen-bond donors (Lipinski definition) is 1. The van der Waals surface area contributed by atoms with E-state index >= 15 is 0 Å². The van der Waals surface area contributed by atoms with Gasteiger partial charge in [0.1, 0.15) is 0 Å². The maximum Gasteiger partial charge on any atom is 0.0705 e. The molecular weight excluding hydrogens is 252 g/mol. The van der Waals surface area contributed by atoms with E-state index in [9.17, 15) is 0 Å². The summed E-state index contributed by atoms with van der Waals surface area (Å²) in [6, 6.07) is 11.0. The summed E-state index contributed by atoms with van der Waals surface area (Å²) in [4.78, 5) is 4.43. The summed E-state index contributed by atoms with van der Waals surface area (Å²) in [5.74, 6) is 1.07. The van der Waals surface area contributed by atoms with Gasteiger partial charge in [0.2, 0.25) is 0 Å². The van der Waals surface area contributed by atoms with Crippen LogP contribution in [0.1, 0.15) is 32.4 Å². The Labute approximate surface area is 120 Å². The maximum absolute atomic E-state index is 4.43. The third-order valence-electron chi connectivity index (χ3n) is 3.06. The van der Waals surface area contributed by atoms with Gasteiger partial charge in [-0.1, -0.05) is 39.0 Å². The second-order valence-corrected chi connectivity index (χ2v) is 7.57. The summed E-state index contributed by atoms with van der Waals surface area (Å²) in [6.07, 6.45) is 1.85. The van der Waals surface area contributed by atoms with Gasteiger partial charge in [-0.15, -0.1) is 0 Å². The van der Waals surface area contributed by atoms with Crippen LogP contribution in [0.25, 0.3) is 10.9 Å². The van der Waals surface area contributed by atoms with Crippen molar-refractivity contribution in [2.75, 3.05) is 12.8 Å². The van der Waals surface area contributed by atoms with Gasteiger partial charge in [-0.2, -0.15) is 11.8 Å². The lowest BCUT2D eigenvalue weighted by atomic mass is 10.1. The number of benzene rings is 1. The van der Waals surface area contributed by atoms with E-state index in [2.05, 4.69) is 55.3 Å². The highest BCUT2D eigenvalue weighted by Gasteiger charge is 2.16. The van der Waals surface area contributed by atoms with Crippen LogP contribution in [0.5, 0.6) is 0 Å². The Morgan fingerprint density at radius 1 is 1.26 bits per heavy atom.